The van der Waals surface area contributed by atoms with Crippen LogP contribution < -0.4 is 11.1 Å². The third-order valence-corrected chi connectivity index (χ3v) is 5.02. The van der Waals surface area contributed by atoms with Gasteiger partial charge in [-0.2, -0.15) is 16.9 Å². The first kappa shape index (κ1) is 17.5. The summed E-state index contributed by atoms with van der Waals surface area (Å²) >= 11 is 3.94. The summed E-state index contributed by atoms with van der Waals surface area (Å²) in [5, 5.41) is 2.53. The highest BCUT2D eigenvalue weighted by molar-refractivity contribution is 7.89. The maximum Gasteiger partial charge on any atom is 0.243 e. The topological polar surface area (TPSA) is 110 Å². The maximum absolute atomic E-state index is 12.4. The number of anilines is 1. The van der Waals surface area contributed by atoms with Gasteiger partial charge < -0.3 is 11.1 Å². The van der Waals surface area contributed by atoms with Crippen molar-refractivity contribution in [1.29, 1.82) is 0 Å². The van der Waals surface area contributed by atoms with E-state index in [1.807, 2.05) is 0 Å². The minimum Gasteiger partial charge on any atom is -0.368 e. The van der Waals surface area contributed by atoms with Crippen molar-refractivity contribution < 1.29 is 18.0 Å². The largest absolute Gasteiger partial charge is 0.368 e. The van der Waals surface area contributed by atoms with E-state index >= 15 is 0 Å². The third-order valence-electron chi connectivity index (χ3n) is 2.79. The number of nitrogens with one attached hydrogen (secondary N) is 1. The molecule has 0 saturated carbocycles. The Balaban J connectivity index is 3.07. The fourth-order valence-corrected chi connectivity index (χ4v) is 3.49. The predicted octanol–water partition coefficient (Wildman–Crippen LogP) is 0.0492. The van der Waals surface area contributed by atoms with Crippen molar-refractivity contribution in [2.75, 3.05) is 18.1 Å². The lowest BCUT2D eigenvalue weighted by Crippen LogP contribution is -2.46. The SMILES string of the molecule is CC(=O)Nc1ccc(S(=O)(=O)N(C)C(CS)C(N)=O)cc1. The van der Waals surface area contributed by atoms with E-state index in [1.165, 1.54) is 38.2 Å². The van der Waals surface area contributed by atoms with Crippen molar-refractivity contribution in [2.45, 2.75) is 17.9 Å². The zero-order valence-electron chi connectivity index (χ0n) is 11.6. The van der Waals surface area contributed by atoms with Gasteiger partial charge in [-0.3, -0.25) is 9.59 Å². The molecule has 3 N–H and O–H groups in total. The fourth-order valence-electron chi connectivity index (χ4n) is 1.63. The van der Waals surface area contributed by atoms with Crippen LogP contribution in [0.15, 0.2) is 29.2 Å². The van der Waals surface area contributed by atoms with Gasteiger partial charge in [-0.15, -0.1) is 0 Å². The molecule has 0 spiro atoms. The van der Waals surface area contributed by atoms with Gasteiger partial charge in [-0.1, -0.05) is 0 Å². The van der Waals surface area contributed by atoms with Gasteiger partial charge in [-0.25, -0.2) is 8.42 Å². The molecule has 0 aliphatic carbocycles. The van der Waals surface area contributed by atoms with Gasteiger partial charge in [0.1, 0.15) is 6.04 Å². The highest BCUT2D eigenvalue weighted by Crippen LogP contribution is 2.19. The molecule has 0 aromatic heterocycles. The monoisotopic (exact) mass is 331 g/mol. The Morgan fingerprint density at radius 2 is 1.86 bits per heavy atom. The number of amides is 2. The normalized spacial score (nSPS) is 13.0. The molecule has 2 amide bonds. The van der Waals surface area contributed by atoms with Crippen LogP contribution in [0.3, 0.4) is 0 Å². The first-order chi connectivity index (χ1) is 9.70. The van der Waals surface area contributed by atoms with Crippen LogP contribution in [0, 0.1) is 0 Å². The number of nitrogens with zero attached hydrogens (tertiary/aromatic N) is 1. The van der Waals surface area contributed by atoms with Crippen LogP contribution >= 0.6 is 12.6 Å². The minimum atomic E-state index is -3.87. The number of thiol groups is 1. The van der Waals surface area contributed by atoms with E-state index < -0.39 is 22.0 Å². The van der Waals surface area contributed by atoms with E-state index in [-0.39, 0.29) is 16.6 Å². The van der Waals surface area contributed by atoms with E-state index in [0.717, 1.165) is 4.31 Å². The predicted molar refractivity (Wildman–Crippen MR) is 82.5 cm³/mol. The molecule has 0 fully saturated rings. The van der Waals surface area contributed by atoms with Crippen LogP contribution in [-0.4, -0.2) is 43.4 Å². The quantitative estimate of drug-likeness (QED) is 0.640. The van der Waals surface area contributed by atoms with Crippen LogP contribution in [0.2, 0.25) is 0 Å². The smallest absolute Gasteiger partial charge is 0.243 e. The average Bonchev–Trinajstić information content (AvgIpc) is 2.38. The van der Waals surface area contributed by atoms with Crippen molar-refractivity contribution in [3.05, 3.63) is 24.3 Å². The van der Waals surface area contributed by atoms with Crippen LogP contribution in [-0.2, 0) is 19.6 Å². The molecule has 116 valence electrons. The molecular weight excluding hydrogens is 314 g/mol. The summed E-state index contributed by atoms with van der Waals surface area (Å²) in [6.45, 7) is 1.35. The summed E-state index contributed by atoms with van der Waals surface area (Å²) in [5.41, 5.74) is 5.64. The lowest BCUT2D eigenvalue weighted by Gasteiger charge is -2.23. The van der Waals surface area contributed by atoms with E-state index in [4.69, 9.17) is 5.73 Å². The number of rotatable bonds is 6. The molecule has 1 aromatic rings. The second-order valence-corrected chi connectivity index (χ2v) is 6.69. The molecule has 9 heteroatoms. The molecule has 1 aromatic carbocycles. The van der Waals surface area contributed by atoms with Crippen molar-refractivity contribution in [1.82, 2.24) is 4.31 Å². The number of primary amides is 1. The highest BCUT2D eigenvalue weighted by atomic mass is 32.2. The van der Waals surface area contributed by atoms with E-state index in [9.17, 15) is 18.0 Å². The molecule has 21 heavy (non-hydrogen) atoms. The van der Waals surface area contributed by atoms with E-state index in [2.05, 4.69) is 17.9 Å². The van der Waals surface area contributed by atoms with Crippen molar-refractivity contribution in [2.24, 2.45) is 5.73 Å². The van der Waals surface area contributed by atoms with Crippen LogP contribution in [0.4, 0.5) is 5.69 Å². The molecule has 1 unspecified atom stereocenters. The summed E-state index contributed by atoms with van der Waals surface area (Å²) in [7, 11) is -2.60. The summed E-state index contributed by atoms with van der Waals surface area (Å²) in [6.07, 6.45) is 0. The van der Waals surface area contributed by atoms with Gasteiger partial charge in [-0.05, 0) is 24.3 Å². The van der Waals surface area contributed by atoms with Gasteiger partial charge in [0.2, 0.25) is 21.8 Å². The number of likely N-dealkylation sites (N-methyl/N-ethyl adjacent to an activating group) is 1. The Morgan fingerprint density at radius 3 is 2.24 bits per heavy atom. The Labute approximate surface area is 129 Å². The Hall–Kier alpha value is -1.58. The lowest BCUT2D eigenvalue weighted by molar-refractivity contribution is -0.120. The standard InChI is InChI=1S/C12H17N3O4S2/c1-8(16)14-9-3-5-10(6-4-9)21(18,19)15(2)11(7-20)12(13)17/h3-6,11,20H,7H2,1-2H3,(H2,13,17)(H,14,16). The molecule has 1 rings (SSSR count). The van der Waals surface area contributed by atoms with Crippen LogP contribution in [0.25, 0.3) is 0 Å². The van der Waals surface area contributed by atoms with Gasteiger partial charge in [0.15, 0.2) is 0 Å². The first-order valence-electron chi connectivity index (χ1n) is 5.96. The molecule has 0 heterocycles. The molecular formula is C12H17N3O4S2. The number of hydrogen-bond donors (Lipinski definition) is 3. The molecule has 7 nitrogen and oxygen atoms in total. The number of sulfonamides is 1. The van der Waals surface area contributed by atoms with Gasteiger partial charge in [0.25, 0.3) is 0 Å². The second-order valence-electron chi connectivity index (χ2n) is 4.33. The Morgan fingerprint density at radius 1 is 1.33 bits per heavy atom. The van der Waals surface area contributed by atoms with Crippen molar-refractivity contribution in [3.8, 4) is 0 Å². The summed E-state index contributed by atoms with van der Waals surface area (Å²) in [6, 6.07) is 4.57. The fraction of sp³-hybridized carbons (Fsp3) is 0.333. The lowest BCUT2D eigenvalue weighted by atomic mass is 10.3. The van der Waals surface area contributed by atoms with Gasteiger partial charge in [0.05, 0.1) is 4.90 Å². The average molecular weight is 331 g/mol. The number of benzene rings is 1. The van der Waals surface area contributed by atoms with E-state index in [0.29, 0.717) is 5.69 Å². The Bertz CT molecular complexity index is 628. The van der Waals surface area contributed by atoms with Crippen LogP contribution in [0.1, 0.15) is 6.92 Å². The molecule has 0 aliphatic rings. The van der Waals surface area contributed by atoms with E-state index in [1.54, 1.807) is 0 Å². The Kier molecular flexibility index (Phi) is 5.76. The zero-order chi connectivity index (χ0) is 16.2. The van der Waals surface area contributed by atoms with Crippen molar-refractivity contribution >= 4 is 40.2 Å². The summed E-state index contributed by atoms with van der Waals surface area (Å²) < 4.78 is 25.6. The third kappa shape index (κ3) is 4.19. The number of carbonyl (C=O) groups is 2. The van der Waals surface area contributed by atoms with Gasteiger partial charge in [0, 0.05) is 25.4 Å². The molecule has 0 radical (unpaired) electrons. The minimum absolute atomic E-state index is 0.00728. The molecule has 1 atom stereocenters. The van der Waals surface area contributed by atoms with Crippen molar-refractivity contribution in [3.63, 3.8) is 0 Å². The number of carbonyl (C=O) groups excluding carboxylic acids is 2. The zero-order valence-corrected chi connectivity index (χ0v) is 13.3. The number of nitrogens with two attached hydrogens (primary N) is 1. The summed E-state index contributed by atoms with van der Waals surface area (Å²) in [4.78, 5) is 22.1. The van der Waals surface area contributed by atoms with Crippen LogP contribution in [0.5, 0.6) is 0 Å². The first-order valence-corrected chi connectivity index (χ1v) is 8.03. The second kappa shape index (κ2) is 6.92. The highest BCUT2D eigenvalue weighted by Gasteiger charge is 2.30. The van der Waals surface area contributed by atoms with Gasteiger partial charge >= 0.3 is 0 Å². The number of hydrogen-bond acceptors (Lipinski definition) is 5. The maximum atomic E-state index is 12.4. The molecule has 0 aliphatic heterocycles. The summed E-state index contributed by atoms with van der Waals surface area (Å²) in [5.74, 6) is -1.05. The molecule has 0 bridgehead atoms. The molecule has 0 saturated heterocycles.